The smallest absolute Gasteiger partial charge is 0.0754 e. The first-order chi connectivity index (χ1) is 30.7. The van der Waals surface area contributed by atoms with Gasteiger partial charge in [-0.15, -0.1) is 0 Å². The summed E-state index contributed by atoms with van der Waals surface area (Å²) >= 11 is 0. The van der Waals surface area contributed by atoms with Gasteiger partial charge in [0.1, 0.15) is 0 Å². The van der Waals surface area contributed by atoms with Gasteiger partial charge in [-0.25, -0.2) is 0 Å². The molecule has 2 heteroatoms. The molecule has 1 aliphatic carbocycles. The SMILES string of the molecule is C1=C(c2cccc(-c3ccc4c(c3)C3(c5ccccc5-4)c4ccccc4N(c4ccccc4)c4ccccc43)c2)C=C(c2ccc(-c3ccccc3)cc2)NC1c1ccccc1. The molecule has 2 aliphatic heterocycles. The minimum Gasteiger partial charge on any atom is -0.374 e. The number of rotatable bonds is 6. The van der Waals surface area contributed by atoms with Crippen LogP contribution in [0, 0.1) is 0 Å². The molecule has 292 valence electrons. The Kier molecular flexibility index (Phi) is 8.50. The van der Waals surface area contributed by atoms with Crippen molar-refractivity contribution in [3.05, 3.63) is 282 Å². The van der Waals surface area contributed by atoms with Crippen LogP contribution in [0.25, 0.3) is 44.7 Å². The Balaban J connectivity index is 0.994. The molecule has 62 heavy (non-hydrogen) atoms. The van der Waals surface area contributed by atoms with Crippen molar-refractivity contribution in [1.29, 1.82) is 0 Å². The predicted octanol–water partition coefficient (Wildman–Crippen LogP) is 14.9. The number of nitrogens with zero attached hydrogens (tertiary/aromatic N) is 1. The van der Waals surface area contributed by atoms with E-state index in [2.05, 4.69) is 253 Å². The summed E-state index contributed by atoms with van der Waals surface area (Å²) in [5.74, 6) is 0. The van der Waals surface area contributed by atoms with Crippen LogP contribution in [0.1, 0.15) is 45.0 Å². The van der Waals surface area contributed by atoms with Crippen LogP contribution in [-0.4, -0.2) is 0 Å². The molecule has 0 amide bonds. The van der Waals surface area contributed by atoms with Gasteiger partial charge in [-0.05, 0) is 126 Å². The van der Waals surface area contributed by atoms with E-state index in [9.17, 15) is 0 Å². The molecule has 0 saturated carbocycles. The number of hydrogen-bond donors (Lipinski definition) is 1. The number of allylic oxidation sites excluding steroid dienone is 2. The third kappa shape index (κ3) is 5.72. The Hall–Kier alpha value is -7.94. The molecule has 2 heterocycles. The molecule has 12 rings (SSSR count). The highest BCUT2D eigenvalue weighted by molar-refractivity contribution is 5.97. The topological polar surface area (TPSA) is 15.3 Å². The maximum absolute atomic E-state index is 3.87. The van der Waals surface area contributed by atoms with E-state index in [0.717, 1.165) is 16.9 Å². The highest BCUT2D eigenvalue weighted by Crippen LogP contribution is 2.63. The molecule has 9 aromatic carbocycles. The Morgan fingerprint density at radius 3 is 1.61 bits per heavy atom. The van der Waals surface area contributed by atoms with Crippen molar-refractivity contribution in [2.75, 3.05) is 4.90 Å². The monoisotopic (exact) mass is 790 g/mol. The highest BCUT2D eigenvalue weighted by atomic mass is 15.2. The van der Waals surface area contributed by atoms with Crippen LogP contribution in [0.4, 0.5) is 17.1 Å². The molecule has 1 unspecified atom stereocenters. The van der Waals surface area contributed by atoms with Gasteiger partial charge >= 0.3 is 0 Å². The zero-order valence-corrected chi connectivity index (χ0v) is 34.1. The molecule has 2 nitrogen and oxygen atoms in total. The van der Waals surface area contributed by atoms with Crippen LogP contribution in [0.15, 0.2) is 243 Å². The highest BCUT2D eigenvalue weighted by Gasteiger charge is 2.51. The normalized spacial score (nSPS) is 15.4. The van der Waals surface area contributed by atoms with Crippen LogP contribution >= 0.6 is 0 Å². The zero-order chi connectivity index (χ0) is 41.0. The number of para-hydroxylation sites is 3. The maximum atomic E-state index is 3.87. The Bertz CT molecular complexity index is 3150. The molecule has 0 bridgehead atoms. The summed E-state index contributed by atoms with van der Waals surface area (Å²) in [5, 5.41) is 3.87. The maximum Gasteiger partial charge on any atom is 0.0754 e. The van der Waals surface area contributed by atoms with Crippen molar-refractivity contribution >= 4 is 28.3 Å². The lowest BCUT2D eigenvalue weighted by atomic mass is 9.64. The van der Waals surface area contributed by atoms with Crippen molar-refractivity contribution in [2.45, 2.75) is 11.5 Å². The van der Waals surface area contributed by atoms with Gasteiger partial charge in [0.15, 0.2) is 0 Å². The third-order valence-electron chi connectivity index (χ3n) is 13.1. The zero-order valence-electron chi connectivity index (χ0n) is 34.1. The standard InChI is InChI=1S/C60H42N2/c1-4-17-41(18-5-1)42-31-33-44(34-32-42)57-40-48(39-56(61-57)43-19-6-2-7-20-43)46-22-16-21-45(37-46)47-35-36-51-50-25-10-11-26-52(50)60(55(51)38-47)53-27-12-14-29-58(53)62(49-23-8-3-9-24-49)59-30-15-13-28-54(59)60/h1-40,56,61H. The summed E-state index contributed by atoms with van der Waals surface area (Å²) in [6.07, 6.45) is 4.69. The largest absolute Gasteiger partial charge is 0.374 e. The Morgan fingerprint density at radius 1 is 0.371 bits per heavy atom. The second-order valence-corrected chi connectivity index (χ2v) is 16.5. The van der Waals surface area contributed by atoms with Gasteiger partial charge in [0, 0.05) is 11.4 Å². The lowest BCUT2D eigenvalue weighted by Crippen LogP contribution is -2.36. The van der Waals surface area contributed by atoms with Crippen LogP contribution < -0.4 is 10.2 Å². The number of nitrogens with one attached hydrogen (secondary N) is 1. The molecule has 1 spiro atoms. The van der Waals surface area contributed by atoms with E-state index in [0.29, 0.717) is 0 Å². The summed E-state index contributed by atoms with van der Waals surface area (Å²) in [6.45, 7) is 0. The molecular weight excluding hydrogens is 749 g/mol. The number of fused-ring (bicyclic) bond motifs is 9. The minimum atomic E-state index is -0.508. The lowest BCUT2D eigenvalue weighted by molar-refractivity contribution is 0.753. The molecule has 0 fully saturated rings. The van der Waals surface area contributed by atoms with E-state index in [4.69, 9.17) is 0 Å². The van der Waals surface area contributed by atoms with Gasteiger partial charge < -0.3 is 10.2 Å². The molecule has 0 aromatic heterocycles. The number of anilines is 3. The Morgan fingerprint density at radius 2 is 0.887 bits per heavy atom. The molecule has 3 aliphatic rings. The number of hydrogen-bond acceptors (Lipinski definition) is 2. The second-order valence-electron chi connectivity index (χ2n) is 16.5. The first-order valence-electron chi connectivity index (χ1n) is 21.5. The average Bonchev–Trinajstić information content (AvgIpc) is 3.65. The third-order valence-corrected chi connectivity index (χ3v) is 13.1. The average molecular weight is 791 g/mol. The van der Waals surface area contributed by atoms with Crippen LogP contribution in [-0.2, 0) is 5.41 Å². The van der Waals surface area contributed by atoms with Gasteiger partial charge in [0.2, 0.25) is 0 Å². The predicted molar refractivity (Wildman–Crippen MR) is 258 cm³/mol. The van der Waals surface area contributed by atoms with Gasteiger partial charge in [0.25, 0.3) is 0 Å². The Labute approximate surface area is 363 Å². The van der Waals surface area contributed by atoms with Crippen molar-refractivity contribution in [3.63, 3.8) is 0 Å². The summed E-state index contributed by atoms with van der Waals surface area (Å²) < 4.78 is 0. The summed E-state index contributed by atoms with van der Waals surface area (Å²) in [5.41, 5.74) is 21.6. The summed E-state index contributed by atoms with van der Waals surface area (Å²) in [7, 11) is 0. The first kappa shape index (κ1) is 36.0. The van der Waals surface area contributed by atoms with Crippen LogP contribution in [0.5, 0.6) is 0 Å². The molecule has 1 N–H and O–H groups in total. The molecule has 0 saturated heterocycles. The summed E-state index contributed by atoms with van der Waals surface area (Å²) in [4.78, 5) is 2.44. The van der Waals surface area contributed by atoms with Crippen molar-refractivity contribution in [3.8, 4) is 33.4 Å². The van der Waals surface area contributed by atoms with Gasteiger partial charge in [0.05, 0.1) is 22.8 Å². The van der Waals surface area contributed by atoms with E-state index in [1.54, 1.807) is 0 Å². The van der Waals surface area contributed by atoms with Crippen molar-refractivity contribution in [2.24, 2.45) is 0 Å². The molecule has 0 radical (unpaired) electrons. The van der Waals surface area contributed by atoms with Crippen LogP contribution in [0.2, 0.25) is 0 Å². The molecular formula is C60H42N2. The fraction of sp³-hybridized carbons (Fsp3) is 0.0333. The van der Waals surface area contributed by atoms with E-state index in [1.165, 1.54) is 83.7 Å². The molecule has 1 atom stereocenters. The molecule has 9 aromatic rings. The van der Waals surface area contributed by atoms with E-state index >= 15 is 0 Å². The lowest BCUT2D eigenvalue weighted by Gasteiger charge is -2.45. The fourth-order valence-corrected chi connectivity index (χ4v) is 10.3. The van der Waals surface area contributed by atoms with E-state index < -0.39 is 5.41 Å². The van der Waals surface area contributed by atoms with Crippen LogP contribution in [0.3, 0.4) is 0 Å². The van der Waals surface area contributed by atoms with Gasteiger partial charge in [-0.3, -0.25) is 0 Å². The van der Waals surface area contributed by atoms with Crippen molar-refractivity contribution < 1.29 is 0 Å². The van der Waals surface area contributed by atoms with Crippen molar-refractivity contribution in [1.82, 2.24) is 5.32 Å². The fourth-order valence-electron chi connectivity index (χ4n) is 10.3. The first-order valence-corrected chi connectivity index (χ1v) is 21.5. The second kappa shape index (κ2) is 14.7. The van der Waals surface area contributed by atoms with Gasteiger partial charge in [-0.2, -0.15) is 0 Å². The minimum absolute atomic E-state index is 0.0175. The summed E-state index contributed by atoms with van der Waals surface area (Å²) in [6, 6.07) is 84.5. The number of dihydropyridines is 1. The van der Waals surface area contributed by atoms with E-state index in [-0.39, 0.29) is 6.04 Å². The quantitative estimate of drug-likeness (QED) is 0.180. The van der Waals surface area contributed by atoms with E-state index in [1.807, 2.05) is 0 Å². The number of benzene rings is 9. The van der Waals surface area contributed by atoms with Gasteiger partial charge in [-0.1, -0.05) is 194 Å².